The van der Waals surface area contributed by atoms with Gasteiger partial charge in [-0.1, -0.05) is 0 Å². The van der Waals surface area contributed by atoms with Gasteiger partial charge in [-0.05, 0) is 36.4 Å². The molecule has 0 saturated heterocycles. The number of methoxy groups -OCH3 is 2. The molecule has 0 bridgehead atoms. The van der Waals surface area contributed by atoms with E-state index in [9.17, 15) is 19.2 Å². The summed E-state index contributed by atoms with van der Waals surface area (Å²) in [4.78, 5) is 52.2. The second kappa shape index (κ2) is 8.29. The molecule has 0 radical (unpaired) electrons. The fourth-order valence-electron chi connectivity index (χ4n) is 3.57. The summed E-state index contributed by atoms with van der Waals surface area (Å²) >= 11 is 0. The molecule has 2 aliphatic rings. The number of hydrogen-bond acceptors (Lipinski definition) is 7. The molecule has 0 N–H and O–H groups in total. The minimum absolute atomic E-state index is 0.166. The molecule has 0 aliphatic carbocycles. The molecular formula is C22H20N2O7. The lowest BCUT2D eigenvalue weighted by Gasteiger charge is -2.12. The highest BCUT2D eigenvalue weighted by molar-refractivity contribution is 6.22. The van der Waals surface area contributed by atoms with Crippen LogP contribution in [-0.4, -0.2) is 74.0 Å². The molecule has 0 saturated carbocycles. The Bertz CT molecular complexity index is 1010. The van der Waals surface area contributed by atoms with Crippen LogP contribution in [0.2, 0.25) is 0 Å². The van der Waals surface area contributed by atoms with E-state index in [1.807, 2.05) is 0 Å². The number of ether oxygens (including phenoxy) is 3. The van der Waals surface area contributed by atoms with Crippen LogP contribution in [0.5, 0.6) is 11.5 Å². The largest absolute Gasteiger partial charge is 0.457 e. The van der Waals surface area contributed by atoms with Crippen LogP contribution in [0.4, 0.5) is 0 Å². The highest BCUT2D eigenvalue weighted by atomic mass is 16.5. The van der Waals surface area contributed by atoms with E-state index in [2.05, 4.69) is 0 Å². The van der Waals surface area contributed by atoms with Gasteiger partial charge >= 0.3 is 0 Å². The van der Waals surface area contributed by atoms with Gasteiger partial charge < -0.3 is 14.2 Å². The molecule has 9 heteroatoms. The van der Waals surface area contributed by atoms with Crippen molar-refractivity contribution in [2.45, 2.75) is 0 Å². The van der Waals surface area contributed by atoms with Crippen molar-refractivity contribution in [1.82, 2.24) is 9.80 Å². The SMILES string of the molecule is COCCN1C(=O)c2ccc(Oc3ccc4c(c3)C(=O)N(CCOC)C4=O)cc2C1=O. The third-order valence-electron chi connectivity index (χ3n) is 5.16. The first-order valence-corrected chi connectivity index (χ1v) is 9.62. The molecule has 2 aromatic rings. The number of amides is 4. The molecular weight excluding hydrogens is 404 g/mol. The van der Waals surface area contributed by atoms with Crippen molar-refractivity contribution in [3.8, 4) is 11.5 Å². The quantitative estimate of drug-likeness (QED) is 0.597. The number of imide groups is 2. The summed E-state index contributed by atoms with van der Waals surface area (Å²) in [5.74, 6) is -0.900. The first kappa shape index (κ1) is 20.7. The van der Waals surface area contributed by atoms with Crippen LogP contribution in [0.15, 0.2) is 36.4 Å². The van der Waals surface area contributed by atoms with Crippen molar-refractivity contribution >= 4 is 23.6 Å². The molecule has 4 rings (SSSR count). The summed E-state index contributed by atoms with van der Waals surface area (Å²) < 4.78 is 15.7. The second-order valence-corrected chi connectivity index (χ2v) is 7.03. The lowest BCUT2D eigenvalue weighted by atomic mass is 10.1. The zero-order valence-corrected chi connectivity index (χ0v) is 17.0. The van der Waals surface area contributed by atoms with Crippen LogP contribution in [0.1, 0.15) is 41.4 Å². The van der Waals surface area contributed by atoms with Gasteiger partial charge in [0.05, 0.1) is 48.6 Å². The van der Waals surface area contributed by atoms with Crippen molar-refractivity contribution in [3.05, 3.63) is 58.7 Å². The van der Waals surface area contributed by atoms with Gasteiger partial charge in [0, 0.05) is 14.2 Å². The van der Waals surface area contributed by atoms with E-state index in [-0.39, 0.29) is 49.2 Å². The maximum atomic E-state index is 12.6. The van der Waals surface area contributed by atoms with Crippen LogP contribution in [0.25, 0.3) is 0 Å². The van der Waals surface area contributed by atoms with Crippen molar-refractivity contribution in [2.75, 3.05) is 40.5 Å². The molecule has 0 atom stereocenters. The molecule has 160 valence electrons. The average Bonchev–Trinajstić information content (AvgIpc) is 3.15. The minimum atomic E-state index is -0.411. The normalized spacial score (nSPS) is 15.0. The second-order valence-electron chi connectivity index (χ2n) is 7.03. The molecule has 2 aliphatic heterocycles. The van der Waals surface area contributed by atoms with Crippen molar-refractivity contribution in [1.29, 1.82) is 0 Å². The summed E-state index contributed by atoms with van der Waals surface area (Å²) in [6.45, 7) is 0.829. The Kier molecular flexibility index (Phi) is 5.53. The summed E-state index contributed by atoms with van der Waals surface area (Å²) in [7, 11) is 2.99. The van der Waals surface area contributed by atoms with Crippen LogP contribution < -0.4 is 4.74 Å². The number of nitrogens with zero attached hydrogens (tertiary/aromatic N) is 2. The average molecular weight is 424 g/mol. The van der Waals surface area contributed by atoms with E-state index in [1.54, 1.807) is 12.1 Å². The molecule has 31 heavy (non-hydrogen) atoms. The number of carbonyl (C=O) groups excluding carboxylic acids is 4. The number of fused-ring (bicyclic) bond motifs is 2. The third kappa shape index (κ3) is 3.58. The van der Waals surface area contributed by atoms with Crippen LogP contribution in [0, 0.1) is 0 Å². The van der Waals surface area contributed by atoms with Crippen molar-refractivity contribution < 1.29 is 33.4 Å². The molecule has 9 nitrogen and oxygen atoms in total. The van der Waals surface area contributed by atoms with Gasteiger partial charge in [-0.15, -0.1) is 0 Å². The molecule has 0 spiro atoms. The van der Waals surface area contributed by atoms with Gasteiger partial charge in [0.1, 0.15) is 11.5 Å². The Morgan fingerprint density at radius 1 is 0.613 bits per heavy atom. The van der Waals surface area contributed by atoms with Crippen molar-refractivity contribution in [3.63, 3.8) is 0 Å². The zero-order valence-electron chi connectivity index (χ0n) is 17.0. The van der Waals surface area contributed by atoms with E-state index in [4.69, 9.17) is 14.2 Å². The van der Waals surface area contributed by atoms with Gasteiger partial charge in [-0.3, -0.25) is 29.0 Å². The number of hydrogen-bond donors (Lipinski definition) is 0. The Labute approximate surface area is 178 Å². The van der Waals surface area contributed by atoms with E-state index >= 15 is 0 Å². The van der Waals surface area contributed by atoms with E-state index < -0.39 is 11.8 Å². The summed E-state index contributed by atoms with van der Waals surface area (Å²) in [5, 5.41) is 0. The predicted molar refractivity (Wildman–Crippen MR) is 107 cm³/mol. The lowest BCUT2D eigenvalue weighted by Crippen LogP contribution is -2.32. The zero-order chi connectivity index (χ0) is 22.1. The molecule has 4 amide bonds. The summed E-state index contributed by atoms with van der Waals surface area (Å²) in [6.07, 6.45) is 0. The van der Waals surface area contributed by atoms with Crippen LogP contribution in [-0.2, 0) is 9.47 Å². The van der Waals surface area contributed by atoms with Crippen LogP contribution >= 0.6 is 0 Å². The van der Waals surface area contributed by atoms with Gasteiger partial charge in [0.15, 0.2) is 0 Å². The van der Waals surface area contributed by atoms with Gasteiger partial charge in [-0.2, -0.15) is 0 Å². The summed E-state index contributed by atoms with van der Waals surface area (Å²) in [6, 6.07) is 9.21. The Hall–Kier alpha value is -3.56. The van der Waals surface area contributed by atoms with Gasteiger partial charge in [0.2, 0.25) is 0 Å². The maximum absolute atomic E-state index is 12.6. The third-order valence-corrected chi connectivity index (χ3v) is 5.16. The number of benzene rings is 2. The Morgan fingerprint density at radius 2 is 1.00 bits per heavy atom. The molecule has 2 aromatic carbocycles. The predicted octanol–water partition coefficient (Wildman–Crippen LogP) is 1.96. The molecule has 0 unspecified atom stereocenters. The van der Waals surface area contributed by atoms with Crippen molar-refractivity contribution in [2.24, 2.45) is 0 Å². The number of rotatable bonds is 8. The number of carbonyl (C=O) groups is 4. The van der Waals surface area contributed by atoms with E-state index in [1.165, 1.54) is 38.5 Å². The maximum Gasteiger partial charge on any atom is 0.261 e. The first-order valence-electron chi connectivity index (χ1n) is 9.62. The first-order chi connectivity index (χ1) is 15.0. The Morgan fingerprint density at radius 3 is 1.39 bits per heavy atom. The highest BCUT2D eigenvalue weighted by Gasteiger charge is 2.37. The van der Waals surface area contributed by atoms with Crippen LogP contribution in [0.3, 0.4) is 0 Å². The minimum Gasteiger partial charge on any atom is -0.457 e. The topological polar surface area (TPSA) is 102 Å². The van der Waals surface area contributed by atoms with Gasteiger partial charge in [-0.25, -0.2) is 0 Å². The smallest absolute Gasteiger partial charge is 0.261 e. The lowest BCUT2D eigenvalue weighted by molar-refractivity contribution is 0.0589. The fraction of sp³-hybridized carbons (Fsp3) is 0.273. The van der Waals surface area contributed by atoms with E-state index in [0.717, 1.165) is 9.80 Å². The molecule has 0 fully saturated rings. The highest BCUT2D eigenvalue weighted by Crippen LogP contribution is 2.32. The molecule has 0 aromatic heterocycles. The Balaban J connectivity index is 1.55. The fourth-order valence-corrected chi connectivity index (χ4v) is 3.57. The standard InChI is InChI=1S/C22H20N2O7/c1-29-9-7-23-19(25)15-5-3-13(11-17(15)21(23)27)31-14-4-6-16-18(12-14)22(28)24(20(16)26)8-10-30-2/h3-6,11-12H,7-10H2,1-2H3. The van der Waals surface area contributed by atoms with Gasteiger partial charge in [0.25, 0.3) is 23.6 Å². The summed E-state index contributed by atoms with van der Waals surface area (Å²) in [5.41, 5.74) is 1.10. The van der Waals surface area contributed by atoms with E-state index in [0.29, 0.717) is 22.6 Å². The monoisotopic (exact) mass is 424 g/mol. The molecule has 2 heterocycles.